The monoisotopic (exact) mass is 314 g/mol. The van der Waals surface area contributed by atoms with Crippen molar-refractivity contribution in [3.8, 4) is 0 Å². The minimum Gasteiger partial charge on any atom is -0.480 e. The number of carboxylic acids is 1. The Morgan fingerprint density at radius 2 is 2.10 bits per heavy atom. The Kier molecular flexibility index (Phi) is 5.97. The number of urea groups is 1. The molecule has 0 aromatic rings. The van der Waals surface area contributed by atoms with Gasteiger partial charge in [0, 0.05) is 18.8 Å². The van der Waals surface area contributed by atoms with E-state index in [4.69, 9.17) is 5.11 Å². The molecule has 2 amide bonds. The summed E-state index contributed by atoms with van der Waals surface area (Å²) >= 11 is -0.220. The molecular formula is C11H17F3N2O3S. The highest BCUT2D eigenvalue weighted by Crippen LogP contribution is 2.29. The average molecular weight is 314 g/mol. The number of carbonyl (C=O) groups is 2. The van der Waals surface area contributed by atoms with Gasteiger partial charge in [-0.1, -0.05) is 6.92 Å². The van der Waals surface area contributed by atoms with Gasteiger partial charge in [0.2, 0.25) is 0 Å². The first-order valence-electron chi connectivity index (χ1n) is 6.18. The number of thioether (sulfide) groups is 1. The molecule has 5 nitrogen and oxygen atoms in total. The van der Waals surface area contributed by atoms with Gasteiger partial charge in [-0.3, -0.25) is 0 Å². The summed E-state index contributed by atoms with van der Waals surface area (Å²) in [6, 6.07) is -1.53. The van der Waals surface area contributed by atoms with Gasteiger partial charge in [-0.25, -0.2) is 9.59 Å². The van der Waals surface area contributed by atoms with Crippen LogP contribution in [0.5, 0.6) is 0 Å². The fourth-order valence-corrected chi connectivity index (χ4v) is 2.48. The van der Waals surface area contributed by atoms with E-state index in [0.717, 1.165) is 0 Å². The summed E-state index contributed by atoms with van der Waals surface area (Å²) < 4.78 is 35.7. The molecule has 1 aliphatic rings. The van der Waals surface area contributed by atoms with E-state index in [9.17, 15) is 22.8 Å². The molecule has 0 aromatic carbocycles. The average Bonchev–Trinajstić information content (AvgIpc) is 2.33. The number of piperidine rings is 1. The topological polar surface area (TPSA) is 69.6 Å². The van der Waals surface area contributed by atoms with Crippen molar-refractivity contribution < 1.29 is 27.9 Å². The maximum absolute atomic E-state index is 11.9. The van der Waals surface area contributed by atoms with Gasteiger partial charge in [-0.15, -0.1) is 0 Å². The molecule has 0 saturated carbocycles. The molecule has 0 aliphatic carbocycles. The number of halogens is 3. The summed E-state index contributed by atoms with van der Waals surface area (Å²) in [7, 11) is 0. The van der Waals surface area contributed by atoms with Gasteiger partial charge in [0.15, 0.2) is 0 Å². The lowest BCUT2D eigenvalue weighted by atomic mass is 9.93. The molecule has 1 aliphatic heterocycles. The SMILES string of the molecule is CC1CCN(C(=O)NCCSC(F)(F)F)C(C(=O)O)C1. The second kappa shape index (κ2) is 7.05. The predicted octanol–water partition coefficient (Wildman–Crippen LogP) is 2.13. The Balaban J connectivity index is 2.43. The predicted molar refractivity (Wildman–Crippen MR) is 68.4 cm³/mol. The van der Waals surface area contributed by atoms with E-state index in [-0.39, 0.29) is 30.0 Å². The highest BCUT2D eigenvalue weighted by atomic mass is 32.2. The van der Waals surface area contributed by atoms with Gasteiger partial charge in [0.05, 0.1) is 0 Å². The van der Waals surface area contributed by atoms with Crippen LogP contribution in [0.3, 0.4) is 0 Å². The van der Waals surface area contributed by atoms with Crippen LogP contribution in [0.15, 0.2) is 0 Å². The van der Waals surface area contributed by atoms with E-state index in [1.807, 2.05) is 6.92 Å². The van der Waals surface area contributed by atoms with Crippen molar-refractivity contribution >= 4 is 23.8 Å². The normalized spacial score (nSPS) is 23.5. The molecule has 0 spiro atoms. The molecule has 2 atom stereocenters. The number of carbonyl (C=O) groups excluding carboxylic acids is 1. The number of alkyl halides is 3. The number of nitrogens with zero attached hydrogens (tertiary/aromatic N) is 1. The lowest BCUT2D eigenvalue weighted by Crippen LogP contribution is -2.53. The van der Waals surface area contributed by atoms with Gasteiger partial charge < -0.3 is 15.3 Å². The number of aliphatic carboxylic acids is 1. The number of likely N-dealkylation sites (tertiary alicyclic amines) is 1. The quantitative estimate of drug-likeness (QED) is 0.780. The molecule has 1 heterocycles. The van der Waals surface area contributed by atoms with Gasteiger partial charge in [0.1, 0.15) is 6.04 Å². The second-order valence-corrected chi connectivity index (χ2v) is 5.86. The van der Waals surface area contributed by atoms with Gasteiger partial charge in [0.25, 0.3) is 0 Å². The lowest BCUT2D eigenvalue weighted by molar-refractivity contribution is -0.143. The Bertz CT molecular complexity index is 365. The molecular weight excluding hydrogens is 297 g/mol. The summed E-state index contributed by atoms with van der Waals surface area (Å²) in [5.74, 6) is -1.17. The lowest BCUT2D eigenvalue weighted by Gasteiger charge is -2.35. The fraction of sp³-hybridized carbons (Fsp3) is 0.818. The minimum atomic E-state index is -4.32. The van der Waals surface area contributed by atoms with Crippen LogP contribution in [0, 0.1) is 5.92 Å². The van der Waals surface area contributed by atoms with Crippen LogP contribution in [0.1, 0.15) is 19.8 Å². The van der Waals surface area contributed by atoms with E-state index < -0.39 is 23.6 Å². The van der Waals surface area contributed by atoms with Crippen LogP contribution in [-0.4, -0.2) is 52.4 Å². The molecule has 2 unspecified atom stereocenters. The van der Waals surface area contributed by atoms with Crippen molar-refractivity contribution in [2.45, 2.75) is 31.3 Å². The number of hydrogen-bond donors (Lipinski definition) is 2. The third-order valence-electron chi connectivity index (χ3n) is 3.05. The maximum atomic E-state index is 11.9. The van der Waals surface area contributed by atoms with Crippen LogP contribution >= 0.6 is 11.8 Å². The Hall–Kier alpha value is -1.12. The van der Waals surface area contributed by atoms with Crippen molar-refractivity contribution in [2.24, 2.45) is 5.92 Å². The molecule has 0 radical (unpaired) electrons. The third kappa shape index (κ3) is 5.48. The molecule has 116 valence electrons. The van der Waals surface area contributed by atoms with E-state index in [0.29, 0.717) is 19.4 Å². The molecule has 0 aromatic heterocycles. The molecule has 1 saturated heterocycles. The van der Waals surface area contributed by atoms with Gasteiger partial charge in [-0.05, 0) is 30.5 Å². The van der Waals surface area contributed by atoms with Crippen LogP contribution in [0.4, 0.5) is 18.0 Å². The Morgan fingerprint density at radius 1 is 1.45 bits per heavy atom. The van der Waals surface area contributed by atoms with E-state index in [1.54, 1.807) is 0 Å². The molecule has 1 rings (SSSR count). The Morgan fingerprint density at radius 3 is 2.65 bits per heavy atom. The summed E-state index contributed by atoms with van der Waals surface area (Å²) in [6.45, 7) is 2.06. The van der Waals surface area contributed by atoms with Crippen molar-refractivity contribution in [1.82, 2.24) is 10.2 Å². The third-order valence-corrected chi connectivity index (χ3v) is 3.79. The fourth-order valence-electron chi connectivity index (χ4n) is 2.05. The van der Waals surface area contributed by atoms with E-state index in [1.165, 1.54) is 4.90 Å². The van der Waals surface area contributed by atoms with Crippen LogP contribution in [0.2, 0.25) is 0 Å². The number of nitrogens with one attached hydrogen (secondary N) is 1. The molecule has 9 heteroatoms. The molecule has 20 heavy (non-hydrogen) atoms. The zero-order valence-electron chi connectivity index (χ0n) is 10.9. The van der Waals surface area contributed by atoms with Crippen LogP contribution in [0.25, 0.3) is 0 Å². The minimum absolute atomic E-state index is 0.151. The number of carboxylic acid groups (broad SMARTS) is 1. The highest BCUT2D eigenvalue weighted by molar-refractivity contribution is 8.00. The van der Waals surface area contributed by atoms with Crippen LogP contribution < -0.4 is 5.32 Å². The highest BCUT2D eigenvalue weighted by Gasteiger charge is 2.34. The molecule has 0 bridgehead atoms. The standard InChI is InChI=1S/C11H17F3N2O3S/c1-7-2-4-16(8(6-7)9(17)18)10(19)15-3-5-20-11(12,13)14/h7-8H,2-6H2,1H3,(H,15,19)(H,17,18). The van der Waals surface area contributed by atoms with Gasteiger partial charge in [-0.2, -0.15) is 13.2 Å². The van der Waals surface area contributed by atoms with Crippen molar-refractivity contribution in [3.63, 3.8) is 0 Å². The van der Waals surface area contributed by atoms with Crippen molar-refractivity contribution in [1.29, 1.82) is 0 Å². The summed E-state index contributed by atoms with van der Waals surface area (Å²) in [6.07, 6.45) is 1.05. The first-order chi connectivity index (χ1) is 9.20. The van der Waals surface area contributed by atoms with Crippen molar-refractivity contribution in [2.75, 3.05) is 18.8 Å². The first-order valence-corrected chi connectivity index (χ1v) is 7.17. The second-order valence-electron chi connectivity index (χ2n) is 4.70. The summed E-state index contributed by atoms with van der Waals surface area (Å²) in [5, 5.41) is 11.4. The largest absolute Gasteiger partial charge is 0.480 e. The van der Waals surface area contributed by atoms with E-state index in [2.05, 4.69) is 5.32 Å². The zero-order chi connectivity index (χ0) is 15.3. The number of rotatable bonds is 4. The molecule has 2 N–H and O–H groups in total. The summed E-state index contributed by atoms with van der Waals surface area (Å²) in [5.41, 5.74) is -4.32. The molecule has 1 fully saturated rings. The van der Waals surface area contributed by atoms with E-state index >= 15 is 0 Å². The zero-order valence-corrected chi connectivity index (χ0v) is 11.8. The number of hydrogen-bond acceptors (Lipinski definition) is 3. The first kappa shape index (κ1) is 16.9. The maximum Gasteiger partial charge on any atom is 0.441 e. The smallest absolute Gasteiger partial charge is 0.441 e. The Labute approximate surface area is 118 Å². The summed E-state index contributed by atoms with van der Waals surface area (Å²) in [4.78, 5) is 24.1. The van der Waals surface area contributed by atoms with Crippen LogP contribution in [-0.2, 0) is 4.79 Å². The van der Waals surface area contributed by atoms with Gasteiger partial charge >= 0.3 is 17.5 Å². The van der Waals surface area contributed by atoms with Crippen molar-refractivity contribution in [3.05, 3.63) is 0 Å². The number of amides is 2.